The smallest absolute Gasteiger partial charge is 0.258 e. The predicted octanol–water partition coefficient (Wildman–Crippen LogP) is 3.08. The van der Waals surface area contributed by atoms with Gasteiger partial charge in [0.2, 0.25) is 11.6 Å². The standard InChI is InChI=1S/C7H3BrF3NO2/c1-2-4(9)3(8)6(11)7(5(2)10)12(13)14/h1H3. The Kier molecular flexibility index (Phi) is 2.79. The van der Waals surface area contributed by atoms with Gasteiger partial charge < -0.3 is 0 Å². The molecule has 1 rings (SSSR count). The molecule has 76 valence electrons. The molecule has 1 aromatic rings. The molecule has 7 heteroatoms. The molecule has 0 aliphatic rings. The molecule has 0 heterocycles. The second-order valence-electron chi connectivity index (χ2n) is 2.49. The SMILES string of the molecule is Cc1c(F)c(Br)c(F)c([N+](=O)[O-])c1F. The minimum atomic E-state index is -1.55. The van der Waals surface area contributed by atoms with Crippen LogP contribution in [0.2, 0.25) is 0 Å². The molecular weight excluding hydrogens is 267 g/mol. The Morgan fingerprint density at radius 2 is 1.71 bits per heavy atom. The fourth-order valence-electron chi connectivity index (χ4n) is 0.896. The second-order valence-corrected chi connectivity index (χ2v) is 3.28. The molecule has 0 saturated carbocycles. The molecule has 0 N–H and O–H groups in total. The van der Waals surface area contributed by atoms with Gasteiger partial charge in [-0.3, -0.25) is 10.1 Å². The van der Waals surface area contributed by atoms with Crippen molar-refractivity contribution in [2.45, 2.75) is 6.92 Å². The van der Waals surface area contributed by atoms with Crippen molar-refractivity contribution in [2.75, 3.05) is 0 Å². The first kappa shape index (κ1) is 11.0. The largest absolute Gasteiger partial charge is 0.341 e. The lowest BCUT2D eigenvalue weighted by molar-refractivity contribution is -0.390. The van der Waals surface area contributed by atoms with Gasteiger partial charge >= 0.3 is 5.69 Å². The van der Waals surface area contributed by atoms with Crippen molar-refractivity contribution in [3.8, 4) is 0 Å². The van der Waals surface area contributed by atoms with Gasteiger partial charge in [-0.05, 0) is 22.9 Å². The van der Waals surface area contributed by atoms with Crippen LogP contribution in [0.5, 0.6) is 0 Å². The van der Waals surface area contributed by atoms with E-state index in [0.29, 0.717) is 0 Å². The monoisotopic (exact) mass is 269 g/mol. The molecule has 0 aliphatic carbocycles. The summed E-state index contributed by atoms with van der Waals surface area (Å²) in [6.45, 7) is 0.988. The molecule has 0 aliphatic heterocycles. The maximum absolute atomic E-state index is 13.0. The lowest BCUT2D eigenvalue weighted by atomic mass is 10.2. The summed E-state index contributed by atoms with van der Waals surface area (Å²) in [4.78, 5) is 9.01. The quantitative estimate of drug-likeness (QED) is 0.340. The third-order valence-corrected chi connectivity index (χ3v) is 2.34. The number of hydrogen-bond donors (Lipinski definition) is 0. The van der Waals surface area contributed by atoms with Gasteiger partial charge in [0.05, 0.1) is 9.40 Å². The lowest BCUT2D eigenvalue weighted by Crippen LogP contribution is -2.03. The van der Waals surface area contributed by atoms with E-state index in [1.54, 1.807) is 0 Å². The minimum absolute atomic E-state index is 0.593. The highest BCUT2D eigenvalue weighted by molar-refractivity contribution is 9.10. The van der Waals surface area contributed by atoms with Crippen LogP contribution in [0.4, 0.5) is 18.9 Å². The molecule has 0 fully saturated rings. The van der Waals surface area contributed by atoms with E-state index < -0.39 is 38.1 Å². The molecule has 0 spiro atoms. The number of hydrogen-bond acceptors (Lipinski definition) is 2. The van der Waals surface area contributed by atoms with E-state index in [4.69, 9.17) is 0 Å². The molecule has 0 unspecified atom stereocenters. The zero-order valence-electron chi connectivity index (χ0n) is 6.78. The number of nitro groups is 1. The maximum Gasteiger partial charge on any atom is 0.341 e. The Morgan fingerprint density at radius 1 is 1.21 bits per heavy atom. The van der Waals surface area contributed by atoms with E-state index in [-0.39, 0.29) is 0 Å². The number of halogens is 4. The Bertz CT molecular complexity index is 393. The highest BCUT2D eigenvalue weighted by Gasteiger charge is 2.29. The van der Waals surface area contributed by atoms with E-state index in [9.17, 15) is 23.3 Å². The van der Waals surface area contributed by atoms with Crippen molar-refractivity contribution in [1.29, 1.82) is 0 Å². The Morgan fingerprint density at radius 3 is 2.14 bits per heavy atom. The highest BCUT2D eigenvalue weighted by atomic mass is 79.9. The number of benzene rings is 1. The van der Waals surface area contributed by atoms with Crippen molar-refractivity contribution >= 4 is 21.6 Å². The van der Waals surface area contributed by atoms with Crippen LogP contribution in [-0.2, 0) is 0 Å². The Hall–Kier alpha value is -1.11. The fourth-order valence-corrected chi connectivity index (χ4v) is 1.38. The molecule has 0 bridgehead atoms. The summed E-state index contributed by atoms with van der Waals surface area (Å²) in [7, 11) is 0. The van der Waals surface area contributed by atoms with Crippen molar-refractivity contribution in [3.63, 3.8) is 0 Å². The molecule has 0 saturated heterocycles. The lowest BCUT2D eigenvalue weighted by Gasteiger charge is -2.03. The van der Waals surface area contributed by atoms with E-state index in [2.05, 4.69) is 15.9 Å². The van der Waals surface area contributed by atoms with Gasteiger partial charge in [0.15, 0.2) is 0 Å². The van der Waals surface area contributed by atoms with Crippen LogP contribution in [0.25, 0.3) is 0 Å². The molecule has 0 radical (unpaired) electrons. The third kappa shape index (κ3) is 1.47. The van der Waals surface area contributed by atoms with Crippen LogP contribution in [0.15, 0.2) is 4.47 Å². The normalized spacial score (nSPS) is 10.4. The average molecular weight is 270 g/mol. The van der Waals surface area contributed by atoms with Gasteiger partial charge in [0, 0.05) is 5.56 Å². The number of rotatable bonds is 1. The van der Waals surface area contributed by atoms with Gasteiger partial charge in [0.25, 0.3) is 0 Å². The molecule has 14 heavy (non-hydrogen) atoms. The van der Waals surface area contributed by atoms with Crippen LogP contribution < -0.4 is 0 Å². The summed E-state index contributed by atoms with van der Waals surface area (Å²) in [6, 6.07) is 0. The summed E-state index contributed by atoms with van der Waals surface area (Å²) in [5.74, 6) is -4.21. The molecule has 0 amide bonds. The molecule has 0 atom stereocenters. The van der Waals surface area contributed by atoms with E-state index >= 15 is 0 Å². The van der Waals surface area contributed by atoms with Crippen molar-refractivity contribution < 1.29 is 18.1 Å². The van der Waals surface area contributed by atoms with Crippen LogP contribution in [-0.4, -0.2) is 4.92 Å². The first-order chi connectivity index (χ1) is 6.37. The molecule has 1 aromatic carbocycles. The van der Waals surface area contributed by atoms with Gasteiger partial charge in [-0.2, -0.15) is 8.78 Å². The van der Waals surface area contributed by atoms with Gasteiger partial charge in [-0.1, -0.05) is 0 Å². The van der Waals surface area contributed by atoms with Crippen LogP contribution in [0.3, 0.4) is 0 Å². The third-order valence-electron chi connectivity index (χ3n) is 1.64. The minimum Gasteiger partial charge on any atom is -0.258 e. The zero-order chi connectivity index (χ0) is 11.0. The van der Waals surface area contributed by atoms with E-state index in [1.165, 1.54) is 0 Å². The van der Waals surface area contributed by atoms with Crippen molar-refractivity contribution in [1.82, 2.24) is 0 Å². The van der Waals surface area contributed by atoms with Gasteiger partial charge in [-0.25, -0.2) is 4.39 Å². The first-order valence-electron chi connectivity index (χ1n) is 3.34. The van der Waals surface area contributed by atoms with Crippen LogP contribution in [0, 0.1) is 34.5 Å². The Balaban J connectivity index is 3.68. The average Bonchev–Trinajstić information content (AvgIpc) is 2.11. The van der Waals surface area contributed by atoms with Gasteiger partial charge in [0.1, 0.15) is 5.82 Å². The van der Waals surface area contributed by atoms with E-state index in [0.717, 1.165) is 6.92 Å². The van der Waals surface area contributed by atoms with Crippen LogP contribution >= 0.6 is 15.9 Å². The summed E-state index contributed by atoms with van der Waals surface area (Å²) in [5, 5.41) is 10.2. The topological polar surface area (TPSA) is 43.1 Å². The van der Waals surface area contributed by atoms with E-state index in [1.807, 2.05) is 0 Å². The van der Waals surface area contributed by atoms with Gasteiger partial charge in [-0.15, -0.1) is 0 Å². The number of nitro benzene ring substituents is 1. The predicted molar refractivity (Wildman–Crippen MR) is 45.4 cm³/mol. The molecule has 0 aromatic heterocycles. The maximum atomic E-state index is 13.0. The zero-order valence-corrected chi connectivity index (χ0v) is 8.36. The summed E-state index contributed by atoms with van der Waals surface area (Å²) < 4.78 is 38.2. The van der Waals surface area contributed by atoms with Crippen molar-refractivity contribution in [3.05, 3.63) is 37.6 Å². The van der Waals surface area contributed by atoms with Crippen molar-refractivity contribution in [2.24, 2.45) is 0 Å². The Labute approximate surface area is 84.8 Å². The number of nitrogens with zero attached hydrogens (tertiary/aromatic N) is 1. The molecule has 3 nitrogen and oxygen atoms in total. The summed E-state index contributed by atoms with van der Waals surface area (Å²) in [6.07, 6.45) is 0. The first-order valence-corrected chi connectivity index (χ1v) is 4.14. The summed E-state index contributed by atoms with van der Waals surface area (Å²) >= 11 is 2.46. The second kappa shape index (κ2) is 3.56. The highest BCUT2D eigenvalue weighted by Crippen LogP contribution is 2.33. The molecular formula is C7H3BrF3NO2. The summed E-state index contributed by atoms with van der Waals surface area (Å²) in [5.41, 5.74) is -1.94. The fraction of sp³-hybridized carbons (Fsp3) is 0.143. The van der Waals surface area contributed by atoms with Crippen LogP contribution in [0.1, 0.15) is 5.56 Å².